The molecule has 0 saturated heterocycles. The van der Waals surface area contributed by atoms with E-state index >= 15 is 0 Å². The molecule has 0 aliphatic carbocycles. The maximum Gasteiger partial charge on any atom is 0.257 e. The predicted octanol–water partition coefficient (Wildman–Crippen LogP) is 2.68. The zero-order chi connectivity index (χ0) is 20.3. The lowest BCUT2D eigenvalue weighted by Crippen LogP contribution is -2.36. The van der Waals surface area contributed by atoms with E-state index in [0.29, 0.717) is 48.4 Å². The average molecular weight is 401 g/mol. The molecule has 0 aromatic carbocycles. The summed E-state index contributed by atoms with van der Waals surface area (Å²) in [5.41, 5.74) is 1.31. The number of anilines is 2. The van der Waals surface area contributed by atoms with Crippen LogP contribution >= 0.6 is 11.3 Å². The monoisotopic (exact) mass is 401 g/mol. The van der Waals surface area contributed by atoms with Crippen molar-refractivity contribution in [2.75, 3.05) is 17.2 Å². The maximum atomic E-state index is 12.5. The molecule has 28 heavy (non-hydrogen) atoms. The van der Waals surface area contributed by atoms with Crippen molar-refractivity contribution in [2.24, 2.45) is 5.92 Å². The van der Waals surface area contributed by atoms with Gasteiger partial charge in [-0.05, 0) is 18.1 Å². The normalized spacial score (nSPS) is 13.2. The van der Waals surface area contributed by atoms with E-state index in [0.717, 1.165) is 10.6 Å². The number of thiazole rings is 1. The highest BCUT2D eigenvalue weighted by Gasteiger charge is 2.25. The number of amides is 3. The summed E-state index contributed by atoms with van der Waals surface area (Å²) in [4.78, 5) is 47.3. The highest BCUT2D eigenvalue weighted by Crippen LogP contribution is 2.29. The molecule has 148 valence electrons. The Bertz CT molecular complexity index is 909. The molecule has 3 rings (SSSR count). The number of nitrogens with zero attached hydrogens (tertiary/aromatic N) is 3. The van der Waals surface area contributed by atoms with Crippen LogP contribution in [0.2, 0.25) is 0 Å². The first kappa shape index (κ1) is 19.9. The Morgan fingerprint density at radius 3 is 2.79 bits per heavy atom. The molecule has 0 fully saturated rings. The van der Waals surface area contributed by atoms with Crippen LogP contribution in [0.1, 0.15) is 48.1 Å². The van der Waals surface area contributed by atoms with Crippen molar-refractivity contribution in [3.8, 4) is 0 Å². The van der Waals surface area contributed by atoms with Crippen molar-refractivity contribution >= 4 is 40.0 Å². The number of aromatic nitrogens is 2. The molecule has 8 nitrogen and oxygen atoms in total. The van der Waals surface area contributed by atoms with Gasteiger partial charge in [-0.3, -0.25) is 19.7 Å². The number of carbonyl (C=O) groups excluding carboxylic acids is 3. The summed E-state index contributed by atoms with van der Waals surface area (Å²) in [5, 5.41) is 5.85. The standard InChI is InChI=1S/C19H23N5O3S/c1-11(2)8-17(26)24-7-5-14-15(10-24)28-19(22-14)23-18(27)13-4-6-20-16(9-13)21-12(3)25/h4,6,9,11H,5,7-8,10H2,1-3H3,(H,20,21,25)(H,22,23,27). The Balaban J connectivity index is 1.67. The van der Waals surface area contributed by atoms with Gasteiger partial charge in [0.1, 0.15) is 5.82 Å². The lowest BCUT2D eigenvalue weighted by molar-refractivity contribution is -0.132. The summed E-state index contributed by atoms with van der Waals surface area (Å²) < 4.78 is 0. The summed E-state index contributed by atoms with van der Waals surface area (Å²) in [5.74, 6) is 0.217. The first-order valence-corrected chi connectivity index (χ1v) is 9.95. The molecule has 2 aromatic rings. The molecular weight excluding hydrogens is 378 g/mol. The predicted molar refractivity (Wildman–Crippen MR) is 107 cm³/mol. The van der Waals surface area contributed by atoms with Crippen LogP contribution < -0.4 is 10.6 Å². The van der Waals surface area contributed by atoms with Crippen LogP contribution in [-0.2, 0) is 22.6 Å². The highest BCUT2D eigenvalue weighted by molar-refractivity contribution is 7.15. The number of hydrogen-bond acceptors (Lipinski definition) is 6. The molecule has 0 spiro atoms. The Hall–Kier alpha value is -2.81. The summed E-state index contributed by atoms with van der Waals surface area (Å²) in [6.07, 6.45) is 2.69. The number of hydrogen-bond donors (Lipinski definition) is 2. The van der Waals surface area contributed by atoms with E-state index in [2.05, 4.69) is 20.6 Å². The maximum absolute atomic E-state index is 12.5. The third-order valence-electron chi connectivity index (χ3n) is 4.21. The van der Waals surface area contributed by atoms with Gasteiger partial charge in [0, 0.05) is 42.9 Å². The molecule has 1 aliphatic rings. The molecule has 1 aliphatic heterocycles. The molecular formula is C19H23N5O3S. The molecule has 2 N–H and O–H groups in total. The van der Waals surface area contributed by atoms with E-state index in [1.54, 1.807) is 6.07 Å². The van der Waals surface area contributed by atoms with Gasteiger partial charge >= 0.3 is 0 Å². The van der Waals surface area contributed by atoms with Crippen molar-refractivity contribution in [1.29, 1.82) is 0 Å². The summed E-state index contributed by atoms with van der Waals surface area (Å²) in [6, 6.07) is 3.08. The fourth-order valence-corrected chi connectivity index (χ4v) is 3.95. The van der Waals surface area contributed by atoms with Crippen molar-refractivity contribution < 1.29 is 14.4 Å². The zero-order valence-electron chi connectivity index (χ0n) is 16.1. The Morgan fingerprint density at radius 2 is 2.07 bits per heavy atom. The van der Waals surface area contributed by atoms with E-state index in [1.807, 2.05) is 18.7 Å². The number of rotatable bonds is 5. The lowest BCUT2D eigenvalue weighted by Gasteiger charge is -2.26. The number of carbonyl (C=O) groups is 3. The Labute approximate surface area is 167 Å². The van der Waals surface area contributed by atoms with E-state index < -0.39 is 0 Å². The van der Waals surface area contributed by atoms with Crippen LogP contribution in [0.5, 0.6) is 0 Å². The number of nitrogens with one attached hydrogen (secondary N) is 2. The Morgan fingerprint density at radius 1 is 1.29 bits per heavy atom. The van der Waals surface area contributed by atoms with E-state index in [-0.39, 0.29) is 17.7 Å². The summed E-state index contributed by atoms with van der Waals surface area (Å²) in [7, 11) is 0. The smallest absolute Gasteiger partial charge is 0.257 e. The minimum absolute atomic E-state index is 0.155. The van der Waals surface area contributed by atoms with Crippen molar-refractivity contribution in [2.45, 2.75) is 40.2 Å². The van der Waals surface area contributed by atoms with Gasteiger partial charge in [-0.1, -0.05) is 25.2 Å². The zero-order valence-corrected chi connectivity index (χ0v) is 16.9. The van der Waals surface area contributed by atoms with Crippen LogP contribution in [0, 0.1) is 5.92 Å². The molecule has 0 unspecified atom stereocenters. The molecule has 2 aromatic heterocycles. The van der Waals surface area contributed by atoms with Gasteiger partial charge in [0.15, 0.2) is 5.13 Å². The fraction of sp³-hybridized carbons (Fsp3) is 0.421. The summed E-state index contributed by atoms with van der Waals surface area (Å²) in [6.45, 7) is 6.63. The van der Waals surface area contributed by atoms with Gasteiger partial charge in [-0.2, -0.15) is 0 Å². The van der Waals surface area contributed by atoms with Crippen LogP contribution in [0.15, 0.2) is 18.3 Å². The molecule has 0 atom stereocenters. The first-order chi connectivity index (χ1) is 13.3. The molecule has 0 saturated carbocycles. The number of pyridine rings is 1. The molecule has 3 amide bonds. The van der Waals surface area contributed by atoms with Gasteiger partial charge in [0.2, 0.25) is 11.8 Å². The third kappa shape index (κ3) is 4.92. The average Bonchev–Trinajstić information content (AvgIpc) is 3.02. The van der Waals surface area contributed by atoms with Crippen LogP contribution in [-0.4, -0.2) is 39.1 Å². The van der Waals surface area contributed by atoms with E-state index in [9.17, 15) is 14.4 Å². The van der Waals surface area contributed by atoms with Gasteiger partial charge in [0.25, 0.3) is 5.91 Å². The van der Waals surface area contributed by atoms with Gasteiger partial charge in [-0.15, -0.1) is 0 Å². The molecule has 0 radical (unpaired) electrons. The van der Waals surface area contributed by atoms with E-state index in [1.165, 1.54) is 30.5 Å². The minimum Gasteiger partial charge on any atom is -0.337 e. The molecule has 0 bridgehead atoms. The SMILES string of the molecule is CC(=O)Nc1cc(C(=O)Nc2nc3c(s2)CN(C(=O)CC(C)C)CC3)ccn1. The summed E-state index contributed by atoms with van der Waals surface area (Å²) >= 11 is 1.39. The lowest BCUT2D eigenvalue weighted by atomic mass is 10.1. The Kier molecular flexibility index (Phi) is 6.03. The quantitative estimate of drug-likeness (QED) is 0.802. The topological polar surface area (TPSA) is 104 Å². The van der Waals surface area contributed by atoms with Crippen molar-refractivity contribution in [3.63, 3.8) is 0 Å². The largest absolute Gasteiger partial charge is 0.337 e. The minimum atomic E-state index is -0.326. The molecule has 9 heteroatoms. The first-order valence-electron chi connectivity index (χ1n) is 9.13. The second kappa shape index (κ2) is 8.47. The van der Waals surface area contributed by atoms with Crippen LogP contribution in [0.4, 0.5) is 10.9 Å². The van der Waals surface area contributed by atoms with Gasteiger partial charge in [-0.25, -0.2) is 9.97 Å². The third-order valence-corrected chi connectivity index (χ3v) is 5.21. The number of fused-ring (bicyclic) bond motifs is 1. The van der Waals surface area contributed by atoms with Crippen LogP contribution in [0.3, 0.4) is 0 Å². The highest BCUT2D eigenvalue weighted by atomic mass is 32.1. The fourth-order valence-electron chi connectivity index (χ4n) is 2.93. The van der Waals surface area contributed by atoms with E-state index in [4.69, 9.17) is 0 Å². The van der Waals surface area contributed by atoms with Gasteiger partial charge < -0.3 is 10.2 Å². The second-order valence-corrected chi connectivity index (χ2v) is 8.20. The van der Waals surface area contributed by atoms with Crippen LogP contribution in [0.25, 0.3) is 0 Å². The van der Waals surface area contributed by atoms with Crippen molar-refractivity contribution in [3.05, 3.63) is 34.5 Å². The second-order valence-electron chi connectivity index (χ2n) is 7.12. The molecule has 3 heterocycles. The van der Waals surface area contributed by atoms with Crippen molar-refractivity contribution in [1.82, 2.24) is 14.9 Å². The van der Waals surface area contributed by atoms with Gasteiger partial charge in [0.05, 0.1) is 12.2 Å².